The first-order chi connectivity index (χ1) is 14.2. The highest BCUT2D eigenvalue weighted by Crippen LogP contribution is 2.31. The summed E-state index contributed by atoms with van der Waals surface area (Å²) in [5.41, 5.74) is 1.47. The summed E-state index contributed by atoms with van der Waals surface area (Å²) < 4.78 is 40.8. The van der Waals surface area contributed by atoms with E-state index in [4.69, 9.17) is 0 Å². The van der Waals surface area contributed by atoms with Crippen molar-refractivity contribution in [3.63, 3.8) is 0 Å². The lowest BCUT2D eigenvalue weighted by atomic mass is 10.1. The van der Waals surface area contributed by atoms with Crippen LogP contribution in [0.4, 0.5) is 13.2 Å². The number of alkyl halides is 3. The minimum absolute atomic E-state index is 0.0370. The topological polar surface area (TPSA) is 51.1 Å². The van der Waals surface area contributed by atoms with Gasteiger partial charge in [0.25, 0.3) is 5.91 Å². The SMILES string of the molecule is C=Cc1ccc(Cn2c(C)c(C(=O)NCc3ccccc3C(F)(F)F)sc2=O)cc1. The molecule has 30 heavy (non-hydrogen) atoms. The van der Waals surface area contributed by atoms with Crippen molar-refractivity contribution in [2.24, 2.45) is 0 Å². The van der Waals surface area contributed by atoms with Crippen molar-refractivity contribution < 1.29 is 18.0 Å². The van der Waals surface area contributed by atoms with Gasteiger partial charge in [0, 0.05) is 12.2 Å². The zero-order chi connectivity index (χ0) is 21.9. The largest absolute Gasteiger partial charge is 0.416 e. The molecular formula is C22H19F3N2O2S. The number of nitrogens with one attached hydrogen (secondary N) is 1. The van der Waals surface area contributed by atoms with Gasteiger partial charge in [-0.25, -0.2) is 0 Å². The zero-order valence-corrected chi connectivity index (χ0v) is 16.9. The maximum atomic E-state index is 13.1. The minimum Gasteiger partial charge on any atom is -0.347 e. The molecule has 0 atom stereocenters. The van der Waals surface area contributed by atoms with Gasteiger partial charge in [0.1, 0.15) is 4.88 Å². The molecule has 1 amide bonds. The van der Waals surface area contributed by atoms with Crippen LogP contribution >= 0.6 is 11.3 Å². The summed E-state index contributed by atoms with van der Waals surface area (Å²) in [6.07, 6.45) is -2.79. The average Bonchev–Trinajstić information content (AvgIpc) is 3.00. The third-order valence-corrected chi connectivity index (χ3v) is 5.75. The second kappa shape index (κ2) is 8.71. The van der Waals surface area contributed by atoms with Gasteiger partial charge in [-0.2, -0.15) is 13.2 Å². The third-order valence-electron chi connectivity index (χ3n) is 4.67. The summed E-state index contributed by atoms with van der Waals surface area (Å²) in [7, 11) is 0. The van der Waals surface area contributed by atoms with E-state index in [9.17, 15) is 22.8 Å². The van der Waals surface area contributed by atoms with E-state index < -0.39 is 17.6 Å². The quantitative estimate of drug-likeness (QED) is 0.605. The monoisotopic (exact) mass is 432 g/mol. The molecule has 1 heterocycles. The van der Waals surface area contributed by atoms with Crippen LogP contribution in [0.2, 0.25) is 0 Å². The Morgan fingerprint density at radius 3 is 2.47 bits per heavy atom. The van der Waals surface area contributed by atoms with Gasteiger partial charge in [0.05, 0.1) is 12.1 Å². The van der Waals surface area contributed by atoms with Crippen LogP contribution in [0.15, 0.2) is 59.9 Å². The highest BCUT2D eigenvalue weighted by molar-refractivity contribution is 7.11. The molecular weight excluding hydrogens is 413 g/mol. The molecule has 8 heteroatoms. The summed E-state index contributed by atoms with van der Waals surface area (Å²) in [6.45, 7) is 5.35. The van der Waals surface area contributed by atoms with E-state index in [-0.39, 0.29) is 21.9 Å². The standard InChI is InChI=1S/C22H19F3N2O2S/c1-3-15-8-10-16(11-9-15)13-27-14(2)19(30-21(27)29)20(28)26-12-17-6-4-5-7-18(17)22(23,24)25/h3-11H,1,12-13H2,2H3,(H,26,28). The summed E-state index contributed by atoms with van der Waals surface area (Å²) in [5, 5.41) is 2.50. The van der Waals surface area contributed by atoms with Crippen LogP contribution in [0.1, 0.15) is 37.6 Å². The summed E-state index contributed by atoms with van der Waals surface area (Å²) in [4.78, 5) is 24.8. The van der Waals surface area contributed by atoms with Crippen LogP contribution in [0, 0.1) is 6.92 Å². The molecule has 0 radical (unpaired) electrons. The van der Waals surface area contributed by atoms with Crippen molar-refractivity contribution in [1.29, 1.82) is 0 Å². The van der Waals surface area contributed by atoms with E-state index in [0.29, 0.717) is 12.2 Å². The molecule has 3 rings (SSSR count). The Bertz CT molecular complexity index is 1130. The van der Waals surface area contributed by atoms with Crippen molar-refractivity contribution in [3.8, 4) is 0 Å². The fourth-order valence-corrected chi connectivity index (χ4v) is 3.93. The van der Waals surface area contributed by atoms with Gasteiger partial charge < -0.3 is 5.32 Å². The molecule has 1 aromatic heterocycles. The fraction of sp³-hybridized carbons (Fsp3) is 0.182. The predicted octanol–water partition coefficient (Wildman–Crippen LogP) is 4.86. The second-order valence-corrected chi connectivity index (χ2v) is 7.61. The maximum Gasteiger partial charge on any atom is 0.416 e. The number of hydrogen-bond donors (Lipinski definition) is 1. The minimum atomic E-state index is -4.51. The van der Waals surface area contributed by atoms with E-state index in [1.807, 2.05) is 24.3 Å². The Morgan fingerprint density at radius 1 is 1.17 bits per heavy atom. The second-order valence-electron chi connectivity index (χ2n) is 6.65. The molecule has 0 bridgehead atoms. The Kier molecular flexibility index (Phi) is 6.26. The van der Waals surface area contributed by atoms with Gasteiger partial charge in [-0.05, 0) is 29.7 Å². The number of halogens is 3. The lowest BCUT2D eigenvalue weighted by molar-refractivity contribution is -0.138. The molecule has 3 aromatic rings. The molecule has 0 aliphatic heterocycles. The number of rotatable bonds is 6. The highest BCUT2D eigenvalue weighted by atomic mass is 32.1. The molecule has 4 nitrogen and oxygen atoms in total. The van der Waals surface area contributed by atoms with Crippen molar-refractivity contribution in [1.82, 2.24) is 9.88 Å². The van der Waals surface area contributed by atoms with Gasteiger partial charge in [-0.1, -0.05) is 66.5 Å². The molecule has 0 saturated heterocycles. The van der Waals surface area contributed by atoms with Crippen LogP contribution in [0.3, 0.4) is 0 Å². The van der Waals surface area contributed by atoms with E-state index in [1.165, 1.54) is 22.8 Å². The van der Waals surface area contributed by atoms with Crippen LogP contribution in [-0.2, 0) is 19.3 Å². The number of nitrogens with zero attached hydrogens (tertiary/aromatic N) is 1. The number of amides is 1. The van der Waals surface area contributed by atoms with Crippen LogP contribution in [0.25, 0.3) is 6.08 Å². The average molecular weight is 432 g/mol. The third kappa shape index (κ3) is 4.71. The van der Waals surface area contributed by atoms with E-state index in [0.717, 1.165) is 28.5 Å². The van der Waals surface area contributed by atoms with E-state index >= 15 is 0 Å². The molecule has 1 N–H and O–H groups in total. The first kappa shape index (κ1) is 21.6. The van der Waals surface area contributed by atoms with Crippen molar-refractivity contribution in [2.45, 2.75) is 26.2 Å². The predicted molar refractivity (Wildman–Crippen MR) is 112 cm³/mol. The summed E-state index contributed by atoms with van der Waals surface area (Å²) >= 11 is 0.778. The highest BCUT2D eigenvalue weighted by Gasteiger charge is 2.33. The molecule has 0 aliphatic rings. The van der Waals surface area contributed by atoms with E-state index in [2.05, 4.69) is 11.9 Å². The fourth-order valence-electron chi connectivity index (χ4n) is 3.02. The smallest absolute Gasteiger partial charge is 0.347 e. The lowest BCUT2D eigenvalue weighted by Gasteiger charge is -2.13. The first-order valence-corrected chi connectivity index (χ1v) is 9.87. The molecule has 0 fully saturated rings. The molecule has 0 spiro atoms. The van der Waals surface area contributed by atoms with Crippen LogP contribution in [0.5, 0.6) is 0 Å². The molecule has 0 unspecified atom stereocenters. The Morgan fingerprint density at radius 2 is 1.83 bits per heavy atom. The zero-order valence-electron chi connectivity index (χ0n) is 16.1. The van der Waals surface area contributed by atoms with Gasteiger partial charge in [0.15, 0.2) is 0 Å². The maximum absolute atomic E-state index is 13.1. The first-order valence-electron chi connectivity index (χ1n) is 9.05. The Labute approximate surface area is 175 Å². The van der Waals surface area contributed by atoms with Gasteiger partial charge in [-0.15, -0.1) is 0 Å². The van der Waals surface area contributed by atoms with Crippen molar-refractivity contribution in [2.75, 3.05) is 0 Å². The number of hydrogen-bond acceptors (Lipinski definition) is 3. The lowest BCUT2D eigenvalue weighted by Crippen LogP contribution is -2.24. The van der Waals surface area contributed by atoms with Gasteiger partial charge in [0.2, 0.25) is 0 Å². The van der Waals surface area contributed by atoms with Gasteiger partial charge in [-0.3, -0.25) is 14.2 Å². The number of carbonyl (C=O) groups is 1. The van der Waals surface area contributed by atoms with E-state index in [1.54, 1.807) is 13.0 Å². The molecule has 0 saturated carbocycles. The molecule has 0 aliphatic carbocycles. The van der Waals surface area contributed by atoms with Crippen molar-refractivity contribution in [3.05, 3.63) is 97.6 Å². The van der Waals surface area contributed by atoms with Crippen LogP contribution < -0.4 is 10.2 Å². The Balaban J connectivity index is 1.77. The molecule has 2 aromatic carbocycles. The summed E-state index contributed by atoms with van der Waals surface area (Å²) in [6, 6.07) is 12.6. The summed E-state index contributed by atoms with van der Waals surface area (Å²) in [5.74, 6) is -0.577. The number of carbonyl (C=O) groups excluding carboxylic acids is 1. The Hall–Kier alpha value is -3.13. The van der Waals surface area contributed by atoms with Crippen LogP contribution in [-0.4, -0.2) is 10.5 Å². The number of aromatic nitrogens is 1. The molecule has 156 valence electrons. The normalized spacial score (nSPS) is 11.3. The number of benzene rings is 2. The van der Waals surface area contributed by atoms with Crippen molar-refractivity contribution >= 4 is 23.3 Å². The van der Waals surface area contributed by atoms with Gasteiger partial charge >= 0.3 is 11.0 Å². The number of thiazole rings is 1.